The number of nitrogens with one attached hydrogen (secondary N) is 1. The van der Waals surface area contributed by atoms with Gasteiger partial charge in [0.25, 0.3) is 5.91 Å². The van der Waals surface area contributed by atoms with Gasteiger partial charge in [0.1, 0.15) is 5.69 Å². The van der Waals surface area contributed by atoms with Crippen LogP contribution in [-0.2, 0) is 7.05 Å². The standard InChI is InChI=1S/C12H19N5O/c1-15-9-14-6-11(15)12(18)17-7-10(8-17)16-4-2-13-3-5-16/h6,9-10,13H,2-5,7-8H2,1H3. The fraction of sp³-hybridized carbons (Fsp3) is 0.667. The number of carbonyl (C=O) groups excluding carboxylic acids is 1. The Labute approximate surface area is 107 Å². The molecule has 1 aromatic heterocycles. The Kier molecular flexibility index (Phi) is 3.05. The summed E-state index contributed by atoms with van der Waals surface area (Å²) in [6, 6.07) is 0.546. The topological polar surface area (TPSA) is 53.4 Å². The molecule has 18 heavy (non-hydrogen) atoms. The molecular weight excluding hydrogens is 230 g/mol. The maximum atomic E-state index is 12.2. The summed E-state index contributed by atoms with van der Waals surface area (Å²) in [5.41, 5.74) is 0.675. The number of carbonyl (C=O) groups is 1. The van der Waals surface area contributed by atoms with Gasteiger partial charge in [-0.05, 0) is 0 Å². The number of amides is 1. The lowest BCUT2D eigenvalue weighted by molar-refractivity contribution is 0.0220. The molecule has 0 bridgehead atoms. The SMILES string of the molecule is Cn1cncc1C(=O)N1CC(N2CCNCC2)C1. The van der Waals surface area contributed by atoms with Gasteiger partial charge in [0.05, 0.1) is 12.5 Å². The van der Waals surface area contributed by atoms with Crippen LogP contribution in [0.25, 0.3) is 0 Å². The van der Waals surface area contributed by atoms with Crippen LogP contribution in [-0.4, -0.2) is 70.6 Å². The van der Waals surface area contributed by atoms with Crippen molar-refractivity contribution in [3.05, 3.63) is 18.2 Å². The molecule has 0 unspecified atom stereocenters. The number of imidazole rings is 1. The van der Waals surface area contributed by atoms with E-state index in [1.165, 1.54) is 0 Å². The fourth-order valence-electron chi connectivity index (χ4n) is 2.62. The van der Waals surface area contributed by atoms with Crippen LogP contribution in [0, 0.1) is 0 Å². The van der Waals surface area contributed by atoms with E-state index in [9.17, 15) is 4.79 Å². The highest BCUT2D eigenvalue weighted by Crippen LogP contribution is 2.18. The number of hydrogen-bond donors (Lipinski definition) is 1. The van der Waals surface area contributed by atoms with Crippen LogP contribution in [0.15, 0.2) is 12.5 Å². The lowest BCUT2D eigenvalue weighted by atomic mass is 10.1. The van der Waals surface area contributed by atoms with Crippen molar-refractivity contribution in [2.24, 2.45) is 7.05 Å². The Morgan fingerprint density at radius 3 is 2.72 bits per heavy atom. The molecule has 0 radical (unpaired) electrons. The van der Waals surface area contributed by atoms with Crippen LogP contribution < -0.4 is 5.32 Å². The van der Waals surface area contributed by atoms with Crippen molar-refractivity contribution in [3.63, 3.8) is 0 Å². The summed E-state index contributed by atoms with van der Waals surface area (Å²) in [4.78, 5) is 20.5. The number of rotatable bonds is 2. The molecule has 3 rings (SSSR count). The van der Waals surface area contributed by atoms with Crippen molar-refractivity contribution in [1.82, 2.24) is 24.7 Å². The maximum Gasteiger partial charge on any atom is 0.272 e. The summed E-state index contributed by atoms with van der Waals surface area (Å²) >= 11 is 0. The van der Waals surface area contributed by atoms with E-state index in [-0.39, 0.29) is 5.91 Å². The van der Waals surface area contributed by atoms with Crippen molar-refractivity contribution in [2.75, 3.05) is 39.3 Å². The van der Waals surface area contributed by atoms with Crippen LogP contribution in [0.3, 0.4) is 0 Å². The fourth-order valence-corrected chi connectivity index (χ4v) is 2.62. The average molecular weight is 249 g/mol. The van der Waals surface area contributed by atoms with Crippen LogP contribution in [0.1, 0.15) is 10.5 Å². The summed E-state index contributed by atoms with van der Waals surface area (Å²) in [5, 5.41) is 3.35. The van der Waals surface area contributed by atoms with Gasteiger partial charge in [0, 0.05) is 52.4 Å². The number of nitrogens with zero attached hydrogens (tertiary/aromatic N) is 4. The Hall–Kier alpha value is -1.40. The van der Waals surface area contributed by atoms with Crippen molar-refractivity contribution < 1.29 is 4.79 Å². The Morgan fingerprint density at radius 1 is 1.39 bits per heavy atom. The first-order chi connectivity index (χ1) is 8.75. The second-order valence-corrected chi connectivity index (χ2v) is 5.04. The predicted octanol–water partition coefficient (Wildman–Crippen LogP) is -0.850. The molecule has 2 saturated heterocycles. The van der Waals surface area contributed by atoms with Crippen molar-refractivity contribution >= 4 is 5.91 Å². The van der Waals surface area contributed by atoms with E-state index in [1.54, 1.807) is 17.1 Å². The molecule has 3 heterocycles. The minimum absolute atomic E-state index is 0.0985. The summed E-state index contributed by atoms with van der Waals surface area (Å²) in [6.45, 7) is 6.02. The highest BCUT2D eigenvalue weighted by atomic mass is 16.2. The third-order valence-electron chi connectivity index (χ3n) is 3.85. The van der Waals surface area contributed by atoms with Crippen molar-refractivity contribution in [3.8, 4) is 0 Å². The Bertz CT molecular complexity index is 431. The molecule has 0 saturated carbocycles. The van der Waals surface area contributed by atoms with Crippen molar-refractivity contribution in [2.45, 2.75) is 6.04 Å². The van der Waals surface area contributed by atoms with Gasteiger partial charge in [-0.3, -0.25) is 9.69 Å². The smallest absolute Gasteiger partial charge is 0.272 e. The quantitative estimate of drug-likeness (QED) is 0.742. The van der Waals surface area contributed by atoms with Crippen LogP contribution in [0.4, 0.5) is 0 Å². The average Bonchev–Trinajstić information content (AvgIpc) is 2.75. The van der Waals surface area contributed by atoms with Gasteiger partial charge in [0.15, 0.2) is 0 Å². The Balaban J connectivity index is 1.55. The molecule has 1 N–H and O–H groups in total. The number of aryl methyl sites for hydroxylation is 1. The second kappa shape index (κ2) is 4.70. The largest absolute Gasteiger partial charge is 0.334 e. The molecule has 2 aliphatic heterocycles. The first-order valence-corrected chi connectivity index (χ1v) is 6.46. The van der Waals surface area contributed by atoms with Crippen LogP contribution in [0.2, 0.25) is 0 Å². The number of aromatic nitrogens is 2. The van der Waals surface area contributed by atoms with Gasteiger partial charge in [-0.15, -0.1) is 0 Å². The molecular formula is C12H19N5O. The van der Waals surface area contributed by atoms with Gasteiger partial charge in [-0.1, -0.05) is 0 Å². The zero-order valence-corrected chi connectivity index (χ0v) is 10.7. The van der Waals surface area contributed by atoms with Gasteiger partial charge in [0.2, 0.25) is 0 Å². The van der Waals surface area contributed by atoms with Gasteiger partial charge in [-0.25, -0.2) is 4.98 Å². The first kappa shape index (κ1) is 11.7. The van der Waals surface area contributed by atoms with Gasteiger partial charge < -0.3 is 14.8 Å². The monoisotopic (exact) mass is 249 g/mol. The molecule has 0 atom stereocenters. The lowest BCUT2D eigenvalue weighted by Crippen LogP contribution is -2.64. The second-order valence-electron chi connectivity index (χ2n) is 5.04. The third kappa shape index (κ3) is 2.02. The van der Waals surface area contributed by atoms with E-state index in [4.69, 9.17) is 0 Å². The molecule has 2 fully saturated rings. The molecule has 6 heteroatoms. The van der Waals surface area contributed by atoms with E-state index in [2.05, 4.69) is 15.2 Å². The predicted molar refractivity (Wildman–Crippen MR) is 67.3 cm³/mol. The van der Waals surface area contributed by atoms with E-state index in [0.717, 1.165) is 39.3 Å². The summed E-state index contributed by atoms with van der Waals surface area (Å²) < 4.78 is 1.78. The summed E-state index contributed by atoms with van der Waals surface area (Å²) in [6.07, 6.45) is 3.31. The van der Waals surface area contributed by atoms with E-state index < -0.39 is 0 Å². The number of piperazine rings is 1. The molecule has 1 aromatic rings. The van der Waals surface area contributed by atoms with E-state index >= 15 is 0 Å². The minimum atomic E-state index is 0.0985. The van der Waals surface area contributed by atoms with Gasteiger partial charge >= 0.3 is 0 Å². The molecule has 0 aromatic carbocycles. The van der Waals surface area contributed by atoms with Crippen LogP contribution >= 0.6 is 0 Å². The Morgan fingerprint density at radius 2 is 2.11 bits per heavy atom. The zero-order chi connectivity index (χ0) is 12.5. The minimum Gasteiger partial charge on any atom is -0.334 e. The highest BCUT2D eigenvalue weighted by Gasteiger charge is 2.36. The first-order valence-electron chi connectivity index (χ1n) is 6.46. The summed E-state index contributed by atoms with van der Waals surface area (Å²) in [5.74, 6) is 0.0985. The molecule has 6 nitrogen and oxygen atoms in total. The maximum absolute atomic E-state index is 12.2. The molecule has 0 aliphatic carbocycles. The molecule has 98 valence electrons. The van der Waals surface area contributed by atoms with E-state index in [0.29, 0.717) is 11.7 Å². The zero-order valence-electron chi connectivity index (χ0n) is 10.7. The number of likely N-dealkylation sites (tertiary alicyclic amines) is 1. The highest BCUT2D eigenvalue weighted by molar-refractivity contribution is 5.93. The summed E-state index contributed by atoms with van der Waals surface area (Å²) in [7, 11) is 1.85. The normalized spacial score (nSPS) is 21.9. The van der Waals surface area contributed by atoms with E-state index in [1.807, 2.05) is 11.9 Å². The number of hydrogen-bond acceptors (Lipinski definition) is 4. The van der Waals surface area contributed by atoms with Crippen molar-refractivity contribution in [1.29, 1.82) is 0 Å². The molecule has 1 amide bonds. The van der Waals surface area contributed by atoms with Gasteiger partial charge in [-0.2, -0.15) is 0 Å². The molecule has 0 spiro atoms. The van der Waals surface area contributed by atoms with Crippen LogP contribution in [0.5, 0.6) is 0 Å². The third-order valence-corrected chi connectivity index (χ3v) is 3.85. The lowest BCUT2D eigenvalue weighted by Gasteiger charge is -2.46. The molecule has 2 aliphatic rings.